The molecule has 0 bridgehead atoms. The maximum atomic E-state index is 11.7. The van der Waals surface area contributed by atoms with Crippen LogP contribution in [0.1, 0.15) is 6.92 Å². The van der Waals surface area contributed by atoms with Gasteiger partial charge in [0.05, 0.1) is 0 Å². The van der Waals surface area contributed by atoms with Crippen LogP contribution in [-0.2, 0) is 9.59 Å². The van der Waals surface area contributed by atoms with Gasteiger partial charge in [0.25, 0.3) is 5.91 Å². The van der Waals surface area contributed by atoms with Crippen molar-refractivity contribution in [3.63, 3.8) is 0 Å². The largest absolute Gasteiger partial charge is 0.480 e. The molecule has 0 spiro atoms. The number of hydrogen-bond acceptors (Lipinski definition) is 2. The molecule has 16 heavy (non-hydrogen) atoms. The van der Waals surface area contributed by atoms with Gasteiger partial charge in [-0.25, -0.2) is 0 Å². The van der Waals surface area contributed by atoms with Gasteiger partial charge in [-0.1, -0.05) is 24.3 Å². The maximum absolute atomic E-state index is 11.7. The van der Waals surface area contributed by atoms with Crippen LogP contribution in [-0.4, -0.2) is 23.5 Å². The van der Waals surface area contributed by atoms with Crippen molar-refractivity contribution in [3.05, 3.63) is 42.5 Å². The summed E-state index contributed by atoms with van der Waals surface area (Å²) < 4.78 is 0. The van der Waals surface area contributed by atoms with Gasteiger partial charge in [0.2, 0.25) is 0 Å². The second-order valence-corrected chi connectivity index (χ2v) is 3.15. The molecule has 0 aliphatic rings. The van der Waals surface area contributed by atoms with E-state index in [0.717, 1.165) is 0 Å². The van der Waals surface area contributed by atoms with Crippen LogP contribution in [0, 0.1) is 0 Å². The zero-order valence-corrected chi connectivity index (χ0v) is 8.96. The van der Waals surface area contributed by atoms with Crippen molar-refractivity contribution in [2.75, 3.05) is 11.4 Å². The lowest BCUT2D eigenvalue weighted by Gasteiger charge is -2.18. The van der Waals surface area contributed by atoms with Crippen molar-refractivity contribution in [2.45, 2.75) is 6.92 Å². The molecule has 0 radical (unpaired) electrons. The molecule has 0 saturated heterocycles. The number of allylic oxidation sites excluding steroid dienone is 1. The summed E-state index contributed by atoms with van der Waals surface area (Å²) in [5, 5.41) is 8.74. The highest BCUT2D eigenvalue weighted by molar-refractivity contribution is 6.03. The fraction of sp³-hybridized carbons (Fsp3) is 0.167. The molecule has 1 aromatic rings. The number of carboxylic acids is 1. The van der Waals surface area contributed by atoms with E-state index < -0.39 is 5.97 Å². The number of para-hydroxylation sites is 1. The van der Waals surface area contributed by atoms with E-state index in [9.17, 15) is 9.59 Å². The van der Waals surface area contributed by atoms with Crippen LogP contribution in [0.25, 0.3) is 0 Å². The van der Waals surface area contributed by atoms with Gasteiger partial charge < -0.3 is 5.11 Å². The molecule has 4 nitrogen and oxygen atoms in total. The Hall–Kier alpha value is -2.10. The molecule has 0 aliphatic carbocycles. The van der Waals surface area contributed by atoms with E-state index in [-0.39, 0.29) is 12.5 Å². The third kappa shape index (κ3) is 3.24. The minimum Gasteiger partial charge on any atom is -0.480 e. The molecule has 84 valence electrons. The van der Waals surface area contributed by atoms with Crippen LogP contribution in [0.15, 0.2) is 42.5 Å². The highest BCUT2D eigenvalue weighted by Gasteiger charge is 2.15. The van der Waals surface area contributed by atoms with Gasteiger partial charge in [-0.3, -0.25) is 14.5 Å². The number of benzene rings is 1. The summed E-state index contributed by atoms with van der Waals surface area (Å²) in [6, 6.07) is 8.72. The third-order valence-corrected chi connectivity index (χ3v) is 1.94. The Morgan fingerprint density at radius 3 is 2.44 bits per heavy atom. The molecular weight excluding hydrogens is 206 g/mol. The number of aliphatic carboxylic acids is 1. The van der Waals surface area contributed by atoms with E-state index in [0.29, 0.717) is 5.69 Å². The number of carbonyl (C=O) groups is 2. The van der Waals surface area contributed by atoms with Crippen molar-refractivity contribution in [2.24, 2.45) is 0 Å². The highest BCUT2D eigenvalue weighted by atomic mass is 16.4. The summed E-state index contributed by atoms with van der Waals surface area (Å²) in [7, 11) is 0. The molecule has 1 rings (SSSR count). The summed E-state index contributed by atoms with van der Waals surface area (Å²) in [6.07, 6.45) is 2.93. The zero-order valence-electron chi connectivity index (χ0n) is 8.96. The summed E-state index contributed by atoms with van der Waals surface area (Å²) in [4.78, 5) is 23.5. The normalized spacial score (nSPS) is 10.3. The molecule has 0 aromatic heterocycles. The zero-order chi connectivity index (χ0) is 12.0. The van der Waals surface area contributed by atoms with E-state index in [2.05, 4.69) is 0 Å². The monoisotopic (exact) mass is 219 g/mol. The number of carboxylic acid groups (broad SMARTS) is 1. The predicted octanol–water partition coefficient (Wildman–Crippen LogP) is 1.68. The summed E-state index contributed by atoms with van der Waals surface area (Å²) in [5.74, 6) is -1.38. The third-order valence-electron chi connectivity index (χ3n) is 1.94. The number of anilines is 1. The van der Waals surface area contributed by atoms with Gasteiger partial charge in [0.1, 0.15) is 6.54 Å². The number of carbonyl (C=O) groups excluding carboxylic acids is 1. The van der Waals surface area contributed by atoms with Crippen molar-refractivity contribution in [1.29, 1.82) is 0 Å². The van der Waals surface area contributed by atoms with Gasteiger partial charge in [0.15, 0.2) is 0 Å². The lowest BCUT2D eigenvalue weighted by molar-refractivity contribution is -0.136. The van der Waals surface area contributed by atoms with E-state index >= 15 is 0 Å². The standard InChI is InChI=1S/C12H13NO3/c1-2-6-11(14)13(9-12(15)16)10-7-4-3-5-8-10/h2-8H,9H2,1H3,(H,15,16)/b6-2-. The fourth-order valence-corrected chi connectivity index (χ4v) is 1.27. The molecule has 0 heterocycles. The molecule has 0 aliphatic heterocycles. The number of nitrogens with zero attached hydrogens (tertiary/aromatic N) is 1. The van der Waals surface area contributed by atoms with Crippen LogP contribution in [0.3, 0.4) is 0 Å². The van der Waals surface area contributed by atoms with Crippen LogP contribution in [0.2, 0.25) is 0 Å². The van der Waals surface area contributed by atoms with Crippen LogP contribution >= 0.6 is 0 Å². The lowest BCUT2D eigenvalue weighted by Crippen LogP contribution is -2.34. The predicted molar refractivity (Wildman–Crippen MR) is 61.2 cm³/mol. The Morgan fingerprint density at radius 2 is 1.94 bits per heavy atom. The molecular formula is C12H13NO3. The molecule has 0 unspecified atom stereocenters. The Bertz CT molecular complexity index is 398. The second-order valence-electron chi connectivity index (χ2n) is 3.15. The molecule has 4 heteroatoms. The topological polar surface area (TPSA) is 57.6 Å². The SMILES string of the molecule is C/C=C\C(=O)N(CC(=O)O)c1ccccc1. The summed E-state index contributed by atoms with van der Waals surface area (Å²) in [5.41, 5.74) is 0.577. The van der Waals surface area contributed by atoms with Gasteiger partial charge in [0, 0.05) is 5.69 Å². The van der Waals surface area contributed by atoms with Crippen molar-refractivity contribution >= 4 is 17.6 Å². The van der Waals surface area contributed by atoms with Gasteiger partial charge in [-0.2, -0.15) is 0 Å². The molecule has 1 amide bonds. The fourth-order valence-electron chi connectivity index (χ4n) is 1.27. The second kappa shape index (κ2) is 5.70. The first-order chi connectivity index (χ1) is 7.65. The smallest absolute Gasteiger partial charge is 0.323 e. The molecule has 0 atom stereocenters. The van der Waals surface area contributed by atoms with Crippen molar-refractivity contribution in [3.8, 4) is 0 Å². The average Bonchev–Trinajstić information content (AvgIpc) is 2.27. The Balaban J connectivity index is 2.96. The van der Waals surface area contributed by atoms with Crippen LogP contribution < -0.4 is 4.90 Å². The van der Waals surface area contributed by atoms with Crippen molar-refractivity contribution in [1.82, 2.24) is 0 Å². The average molecular weight is 219 g/mol. The molecule has 1 aromatic carbocycles. The van der Waals surface area contributed by atoms with E-state index in [1.165, 1.54) is 11.0 Å². The first-order valence-corrected chi connectivity index (χ1v) is 4.86. The van der Waals surface area contributed by atoms with Crippen molar-refractivity contribution < 1.29 is 14.7 Å². The Morgan fingerprint density at radius 1 is 1.31 bits per heavy atom. The number of rotatable bonds is 4. The molecule has 1 N–H and O–H groups in total. The number of amides is 1. The van der Waals surface area contributed by atoms with Crippen LogP contribution in [0.4, 0.5) is 5.69 Å². The Labute approximate surface area is 93.8 Å². The van der Waals surface area contributed by atoms with E-state index in [1.807, 2.05) is 6.07 Å². The van der Waals surface area contributed by atoms with Crippen LogP contribution in [0.5, 0.6) is 0 Å². The summed E-state index contributed by atoms with van der Waals surface area (Å²) in [6.45, 7) is 1.37. The lowest BCUT2D eigenvalue weighted by atomic mass is 10.2. The minimum atomic E-state index is -1.04. The van der Waals surface area contributed by atoms with Gasteiger partial charge >= 0.3 is 5.97 Å². The first-order valence-electron chi connectivity index (χ1n) is 4.86. The van der Waals surface area contributed by atoms with Gasteiger partial charge in [-0.15, -0.1) is 0 Å². The number of hydrogen-bond donors (Lipinski definition) is 1. The summed E-state index contributed by atoms with van der Waals surface area (Å²) >= 11 is 0. The van der Waals surface area contributed by atoms with E-state index in [1.54, 1.807) is 37.3 Å². The maximum Gasteiger partial charge on any atom is 0.323 e. The minimum absolute atomic E-state index is 0.337. The van der Waals surface area contributed by atoms with E-state index in [4.69, 9.17) is 5.11 Å². The Kier molecular flexibility index (Phi) is 4.27. The molecule has 0 saturated carbocycles. The quantitative estimate of drug-likeness (QED) is 0.784. The molecule has 0 fully saturated rings. The van der Waals surface area contributed by atoms with Gasteiger partial charge in [-0.05, 0) is 25.1 Å². The first kappa shape index (κ1) is 12.0. The highest BCUT2D eigenvalue weighted by Crippen LogP contribution is 2.13.